The molecule has 1 heterocycles. The van der Waals surface area contributed by atoms with Gasteiger partial charge >= 0.3 is 12.0 Å². The Kier molecular flexibility index (Phi) is 6.21. The second kappa shape index (κ2) is 7.44. The van der Waals surface area contributed by atoms with E-state index in [9.17, 15) is 18.0 Å². The van der Waals surface area contributed by atoms with Crippen LogP contribution >= 0.6 is 0 Å². The summed E-state index contributed by atoms with van der Waals surface area (Å²) in [6.07, 6.45) is -0.231. The summed E-state index contributed by atoms with van der Waals surface area (Å²) in [6.45, 7) is 0.374. The van der Waals surface area contributed by atoms with Gasteiger partial charge in [-0.1, -0.05) is 0 Å². The SMILES string of the molecule is COC(CNC(=O)NCC1CCS(=O)(=O)C1)CC(=O)O. The highest BCUT2D eigenvalue weighted by molar-refractivity contribution is 7.91. The number of carboxylic acids is 1. The molecular formula is C11H20N2O6S. The maximum atomic E-state index is 11.5. The van der Waals surface area contributed by atoms with Gasteiger partial charge in [-0.3, -0.25) is 4.79 Å². The summed E-state index contributed by atoms with van der Waals surface area (Å²) in [4.78, 5) is 22.0. The van der Waals surface area contributed by atoms with Gasteiger partial charge in [0.05, 0.1) is 24.0 Å². The Hall–Kier alpha value is -1.35. The number of carboxylic acid groups (broad SMARTS) is 1. The van der Waals surface area contributed by atoms with Crippen LogP contribution in [-0.4, -0.2) is 63.3 Å². The Morgan fingerprint density at radius 1 is 1.40 bits per heavy atom. The number of sulfone groups is 1. The third kappa shape index (κ3) is 6.20. The monoisotopic (exact) mass is 308 g/mol. The molecule has 0 aliphatic carbocycles. The molecule has 0 aromatic rings. The van der Waals surface area contributed by atoms with E-state index in [2.05, 4.69) is 10.6 Å². The van der Waals surface area contributed by atoms with Crippen molar-refractivity contribution >= 4 is 21.8 Å². The molecule has 2 amide bonds. The van der Waals surface area contributed by atoms with Gasteiger partial charge in [-0.2, -0.15) is 0 Å². The fraction of sp³-hybridized carbons (Fsp3) is 0.818. The van der Waals surface area contributed by atoms with Crippen LogP contribution in [0.15, 0.2) is 0 Å². The van der Waals surface area contributed by atoms with Gasteiger partial charge in [0.15, 0.2) is 9.84 Å². The first-order chi connectivity index (χ1) is 9.32. The van der Waals surface area contributed by atoms with Gasteiger partial charge in [0.2, 0.25) is 0 Å². The molecule has 0 radical (unpaired) electrons. The number of methoxy groups -OCH3 is 1. The van der Waals surface area contributed by atoms with E-state index in [4.69, 9.17) is 9.84 Å². The van der Waals surface area contributed by atoms with E-state index < -0.39 is 27.9 Å². The summed E-state index contributed by atoms with van der Waals surface area (Å²) in [5.74, 6) is -0.781. The van der Waals surface area contributed by atoms with E-state index in [1.807, 2.05) is 0 Å². The number of urea groups is 1. The Morgan fingerprint density at radius 3 is 2.60 bits per heavy atom. The van der Waals surface area contributed by atoms with Crippen LogP contribution in [0.1, 0.15) is 12.8 Å². The molecule has 116 valence electrons. The van der Waals surface area contributed by atoms with Crippen molar-refractivity contribution in [3.8, 4) is 0 Å². The van der Waals surface area contributed by atoms with E-state index in [0.29, 0.717) is 13.0 Å². The highest BCUT2D eigenvalue weighted by Gasteiger charge is 2.27. The van der Waals surface area contributed by atoms with Crippen LogP contribution in [0.3, 0.4) is 0 Å². The molecular weight excluding hydrogens is 288 g/mol. The average molecular weight is 308 g/mol. The molecule has 2 unspecified atom stereocenters. The van der Waals surface area contributed by atoms with Crippen molar-refractivity contribution in [1.82, 2.24) is 10.6 Å². The average Bonchev–Trinajstić information content (AvgIpc) is 2.71. The molecule has 1 aliphatic heterocycles. The van der Waals surface area contributed by atoms with Gasteiger partial charge in [0.25, 0.3) is 0 Å². The summed E-state index contributed by atoms with van der Waals surface area (Å²) >= 11 is 0. The van der Waals surface area contributed by atoms with Crippen molar-refractivity contribution in [2.24, 2.45) is 5.92 Å². The first kappa shape index (κ1) is 16.7. The molecule has 9 heteroatoms. The van der Waals surface area contributed by atoms with Crippen molar-refractivity contribution in [2.45, 2.75) is 18.9 Å². The molecule has 8 nitrogen and oxygen atoms in total. The predicted octanol–water partition coefficient (Wildman–Crippen LogP) is -0.790. The number of aliphatic carboxylic acids is 1. The number of rotatable bonds is 7. The van der Waals surface area contributed by atoms with Gasteiger partial charge in [0.1, 0.15) is 0 Å². The summed E-state index contributed by atoms with van der Waals surface area (Å²) in [6, 6.07) is -0.457. The van der Waals surface area contributed by atoms with E-state index >= 15 is 0 Å². The number of hydrogen-bond acceptors (Lipinski definition) is 5. The lowest BCUT2D eigenvalue weighted by Gasteiger charge is -2.15. The maximum Gasteiger partial charge on any atom is 0.314 e. The minimum absolute atomic E-state index is 0.0528. The lowest BCUT2D eigenvalue weighted by Crippen LogP contribution is -2.42. The van der Waals surface area contributed by atoms with Crippen LogP contribution in [0.2, 0.25) is 0 Å². The molecule has 2 atom stereocenters. The number of carbonyl (C=O) groups excluding carboxylic acids is 1. The Labute approximate surface area is 117 Å². The molecule has 1 aliphatic rings. The molecule has 3 N–H and O–H groups in total. The molecule has 1 saturated heterocycles. The Morgan fingerprint density at radius 2 is 2.10 bits per heavy atom. The quantitative estimate of drug-likeness (QED) is 0.566. The molecule has 0 saturated carbocycles. The van der Waals surface area contributed by atoms with Gasteiger partial charge in [0, 0.05) is 20.2 Å². The minimum atomic E-state index is -2.94. The lowest BCUT2D eigenvalue weighted by molar-refractivity contribution is -0.139. The fourth-order valence-electron chi connectivity index (χ4n) is 1.97. The second-order valence-corrected chi connectivity index (χ2v) is 7.04. The van der Waals surface area contributed by atoms with E-state index in [1.54, 1.807) is 0 Å². The number of nitrogens with one attached hydrogen (secondary N) is 2. The third-order valence-corrected chi connectivity index (χ3v) is 4.94. The summed E-state index contributed by atoms with van der Waals surface area (Å²) in [5, 5.41) is 13.7. The number of hydrogen-bond donors (Lipinski definition) is 3. The zero-order valence-corrected chi connectivity index (χ0v) is 12.1. The standard InChI is InChI=1S/C11H20N2O6S/c1-19-9(4-10(14)15)6-13-11(16)12-5-8-2-3-20(17,18)7-8/h8-9H,2-7H2,1H3,(H,14,15)(H2,12,13,16). The number of amides is 2. The molecule has 1 rings (SSSR count). The molecule has 0 bridgehead atoms. The molecule has 1 fully saturated rings. The van der Waals surface area contributed by atoms with Crippen LogP contribution in [0.25, 0.3) is 0 Å². The number of carbonyl (C=O) groups is 2. The smallest absolute Gasteiger partial charge is 0.314 e. The van der Waals surface area contributed by atoms with Gasteiger partial charge in [-0.15, -0.1) is 0 Å². The Bertz CT molecular complexity index is 450. The molecule has 0 aromatic heterocycles. The van der Waals surface area contributed by atoms with Crippen LogP contribution in [0.5, 0.6) is 0 Å². The van der Waals surface area contributed by atoms with Crippen LogP contribution in [0, 0.1) is 5.92 Å². The zero-order chi connectivity index (χ0) is 15.2. The van der Waals surface area contributed by atoms with Crippen molar-refractivity contribution < 1.29 is 27.9 Å². The van der Waals surface area contributed by atoms with Crippen LogP contribution in [-0.2, 0) is 19.4 Å². The van der Waals surface area contributed by atoms with Gasteiger partial charge in [-0.05, 0) is 12.3 Å². The van der Waals surface area contributed by atoms with Crippen LogP contribution in [0.4, 0.5) is 4.79 Å². The normalized spacial score (nSPS) is 22.1. The fourth-order valence-corrected chi connectivity index (χ4v) is 3.83. The second-order valence-electron chi connectivity index (χ2n) is 4.82. The van der Waals surface area contributed by atoms with Crippen molar-refractivity contribution in [1.29, 1.82) is 0 Å². The maximum absolute atomic E-state index is 11.5. The summed E-state index contributed by atoms with van der Waals surface area (Å²) in [7, 11) is -1.57. The van der Waals surface area contributed by atoms with Gasteiger partial charge < -0.3 is 20.5 Å². The summed E-state index contributed by atoms with van der Waals surface area (Å²) < 4.78 is 27.4. The minimum Gasteiger partial charge on any atom is -0.481 e. The van der Waals surface area contributed by atoms with E-state index in [-0.39, 0.29) is 30.4 Å². The highest BCUT2D eigenvalue weighted by atomic mass is 32.2. The first-order valence-electron chi connectivity index (χ1n) is 6.29. The molecule has 0 spiro atoms. The van der Waals surface area contributed by atoms with Crippen LogP contribution < -0.4 is 10.6 Å². The van der Waals surface area contributed by atoms with Crippen molar-refractivity contribution in [3.63, 3.8) is 0 Å². The topological polar surface area (TPSA) is 122 Å². The predicted molar refractivity (Wildman–Crippen MR) is 71.2 cm³/mol. The largest absolute Gasteiger partial charge is 0.481 e. The zero-order valence-electron chi connectivity index (χ0n) is 11.3. The van der Waals surface area contributed by atoms with Crippen molar-refractivity contribution in [3.05, 3.63) is 0 Å². The molecule has 0 aromatic carbocycles. The third-order valence-electron chi connectivity index (χ3n) is 3.10. The van der Waals surface area contributed by atoms with E-state index in [1.165, 1.54) is 7.11 Å². The lowest BCUT2D eigenvalue weighted by atomic mass is 10.1. The molecule has 20 heavy (non-hydrogen) atoms. The summed E-state index contributed by atoms with van der Waals surface area (Å²) in [5.41, 5.74) is 0. The van der Waals surface area contributed by atoms with Crippen molar-refractivity contribution in [2.75, 3.05) is 31.7 Å². The van der Waals surface area contributed by atoms with Gasteiger partial charge in [-0.25, -0.2) is 13.2 Å². The Balaban J connectivity index is 2.22. The first-order valence-corrected chi connectivity index (χ1v) is 8.11. The number of ether oxygens (including phenoxy) is 1. The highest BCUT2D eigenvalue weighted by Crippen LogP contribution is 2.17. The van der Waals surface area contributed by atoms with E-state index in [0.717, 1.165) is 0 Å².